The normalized spacial score (nSPS) is 13.7. The summed E-state index contributed by atoms with van der Waals surface area (Å²) < 4.78 is 80.0. The average molecular weight is 587 g/mol. The number of rotatable bonds is 9. The third-order valence-electron chi connectivity index (χ3n) is 6.87. The van der Waals surface area contributed by atoms with Gasteiger partial charge in [0.25, 0.3) is 0 Å². The summed E-state index contributed by atoms with van der Waals surface area (Å²) in [6.07, 6.45) is -2.56. The SMILES string of the molecule is COc1ccc(CN(C)S(=O)(=O)c2ccc(NCc3ccc(C(F)(F)F)cc3)c(-c3cn4c(n3)COCC4)c2)cc1. The molecule has 0 fully saturated rings. The molecule has 0 bridgehead atoms. The van der Waals surface area contributed by atoms with Gasteiger partial charge in [0.2, 0.25) is 10.0 Å². The molecule has 41 heavy (non-hydrogen) atoms. The molecular formula is C29H29F3N4O4S. The van der Waals surface area contributed by atoms with E-state index in [2.05, 4.69) is 10.3 Å². The standard InChI is InChI=1S/C29H29F3N4O4S/c1-35(17-21-5-9-23(39-2)10-6-21)41(37,38)24-11-12-26(33-16-20-3-7-22(8-4-20)29(30,31)32)25(15-24)27-18-36-13-14-40-19-28(36)34-27/h3-12,15,18,33H,13-14,16-17,19H2,1-2H3. The van der Waals surface area contributed by atoms with Gasteiger partial charge in [-0.15, -0.1) is 0 Å². The fourth-order valence-electron chi connectivity index (χ4n) is 4.53. The lowest BCUT2D eigenvalue weighted by Crippen LogP contribution is -2.26. The van der Waals surface area contributed by atoms with Crippen LogP contribution in [0.15, 0.2) is 77.8 Å². The van der Waals surface area contributed by atoms with E-state index in [0.29, 0.717) is 48.0 Å². The number of imidazole rings is 1. The molecule has 1 aliphatic rings. The highest BCUT2D eigenvalue weighted by molar-refractivity contribution is 7.89. The van der Waals surface area contributed by atoms with E-state index in [0.717, 1.165) is 23.5 Å². The minimum Gasteiger partial charge on any atom is -0.497 e. The fourth-order valence-corrected chi connectivity index (χ4v) is 5.72. The van der Waals surface area contributed by atoms with Crippen molar-refractivity contribution in [2.45, 2.75) is 37.3 Å². The lowest BCUT2D eigenvalue weighted by atomic mass is 10.1. The van der Waals surface area contributed by atoms with Gasteiger partial charge in [0.05, 0.1) is 29.9 Å². The highest BCUT2D eigenvalue weighted by atomic mass is 32.2. The largest absolute Gasteiger partial charge is 0.497 e. The maximum atomic E-state index is 13.6. The van der Waals surface area contributed by atoms with Gasteiger partial charge in [0, 0.05) is 44.1 Å². The van der Waals surface area contributed by atoms with Gasteiger partial charge in [-0.2, -0.15) is 17.5 Å². The molecule has 1 aliphatic heterocycles. The first-order valence-electron chi connectivity index (χ1n) is 12.8. The number of nitrogens with zero attached hydrogens (tertiary/aromatic N) is 3. The van der Waals surface area contributed by atoms with Crippen LogP contribution in [0.1, 0.15) is 22.5 Å². The summed E-state index contributed by atoms with van der Waals surface area (Å²) >= 11 is 0. The maximum Gasteiger partial charge on any atom is 0.416 e. The van der Waals surface area contributed by atoms with Crippen molar-refractivity contribution in [3.8, 4) is 17.0 Å². The summed E-state index contributed by atoms with van der Waals surface area (Å²) in [5.41, 5.74) is 2.43. The monoisotopic (exact) mass is 586 g/mol. The Morgan fingerprint density at radius 1 is 1.05 bits per heavy atom. The Morgan fingerprint density at radius 2 is 1.76 bits per heavy atom. The number of nitrogens with one attached hydrogen (secondary N) is 1. The summed E-state index contributed by atoms with van der Waals surface area (Å²) in [4.78, 5) is 4.77. The van der Waals surface area contributed by atoms with Crippen molar-refractivity contribution in [2.24, 2.45) is 0 Å². The van der Waals surface area contributed by atoms with Gasteiger partial charge in [0.1, 0.15) is 18.2 Å². The van der Waals surface area contributed by atoms with Crippen molar-refractivity contribution in [1.82, 2.24) is 13.9 Å². The molecule has 12 heteroatoms. The van der Waals surface area contributed by atoms with Crippen LogP contribution >= 0.6 is 0 Å². The van der Waals surface area contributed by atoms with E-state index in [4.69, 9.17) is 9.47 Å². The van der Waals surface area contributed by atoms with Crippen molar-refractivity contribution < 1.29 is 31.1 Å². The maximum absolute atomic E-state index is 13.6. The van der Waals surface area contributed by atoms with Crippen LogP contribution in [0, 0.1) is 0 Å². The number of hydrogen-bond donors (Lipinski definition) is 1. The first-order valence-corrected chi connectivity index (χ1v) is 14.3. The van der Waals surface area contributed by atoms with E-state index in [-0.39, 0.29) is 18.0 Å². The number of fused-ring (bicyclic) bond motifs is 1. The molecule has 1 aromatic heterocycles. The quantitative estimate of drug-likeness (QED) is 0.277. The molecule has 0 aliphatic carbocycles. The minimum absolute atomic E-state index is 0.0887. The summed E-state index contributed by atoms with van der Waals surface area (Å²) in [6.45, 7) is 1.90. The molecule has 216 valence electrons. The van der Waals surface area contributed by atoms with Gasteiger partial charge in [-0.25, -0.2) is 13.4 Å². The van der Waals surface area contributed by atoms with Gasteiger partial charge >= 0.3 is 6.18 Å². The first kappa shape index (κ1) is 28.7. The van der Waals surface area contributed by atoms with E-state index < -0.39 is 21.8 Å². The highest BCUT2D eigenvalue weighted by Gasteiger charge is 2.30. The lowest BCUT2D eigenvalue weighted by molar-refractivity contribution is -0.137. The zero-order chi connectivity index (χ0) is 29.2. The fraction of sp³-hybridized carbons (Fsp3) is 0.276. The smallest absolute Gasteiger partial charge is 0.416 e. The van der Waals surface area contributed by atoms with Gasteiger partial charge in [0.15, 0.2) is 0 Å². The molecule has 0 unspecified atom stereocenters. The lowest BCUT2D eigenvalue weighted by Gasteiger charge is -2.19. The van der Waals surface area contributed by atoms with Crippen LogP contribution in [0.25, 0.3) is 11.3 Å². The molecule has 8 nitrogen and oxygen atoms in total. The van der Waals surface area contributed by atoms with Crippen molar-refractivity contribution in [3.05, 3.63) is 95.4 Å². The molecule has 5 rings (SSSR count). The summed E-state index contributed by atoms with van der Waals surface area (Å²) in [5, 5.41) is 3.24. The van der Waals surface area contributed by atoms with E-state index >= 15 is 0 Å². The Kier molecular flexibility index (Phi) is 8.07. The highest BCUT2D eigenvalue weighted by Crippen LogP contribution is 2.33. The topological polar surface area (TPSA) is 85.7 Å². The van der Waals surface area contributed by atoms with Crippen LogP contribution in [-0.2, 0) is 47.2 Å². The Hall–Kier alpha value is -3.87. The van der Waals surface area contributed by atoms with Gasteiger partial charge in [-0.3, -0.25) is 0 Å². The van der Waals surface area contributed by atoms with Crippen LogP contribution in [0.2, 0.25) is 0 Å². The summed E-state index contributed by atoms with van der Waals surface area (Å²) in [6, 6.07) is 16.8. The molecule has 3 aromatic carbocycles. The van der Waals surface area contributed by atoms with Crippen molar-refractivity contribution in [1.29, 1.82) is 0 Å². The number of alkyl halides is 3. The molecular weight excluding hydrogens is 557 g/mol. The van der Waals surface area contributed by atoms with Crippen molar-refractivity contribution in [2.75, 3.05) is 26.1 Å². The molecule has 0 saturated heterocycles. The number of ether oxygens (including phenoxy) is 2. The van der Waals surface area contributed by atoms with Gasteiger partial charge in [-0.05, 0) is 53.6 Å². The zero-order valence-corrected chi connectivity index (χ0v) is 23.3. The number of anilines is 1. The zero-order valence-electron chi connectivity index (χ0n) is 22.5. The Morgan fingerprint density at radius 3 is 2.41 bits per heavy atom. The van der Waals surface area contributed by atoms with Crippen LogP contribution in [0.5, 0.6) is 5.75 Å². The van der Waals surface area contributed by atoms with Gasteiger partial charge < -0.3 is 19.4 Å². The Labute approximate surface area is 236 Å². The molecule has 0 spiro atoms. The Bertz CT molecular complexity index is 1600. The first-order chi connectivity index (χ1) is 19.5. The molecule has 4 aromatic rings. The third-order valence-corrected chi connectivity index (χ3v) is 8.67. The van der Waals surface area contributed by atoms with E-state index in [1.54, 1.807) is 31.4 Å². The van der Waals surface area contributed by atoms with Crippen molar-refractivity contribution >= 4 is 15.7 Å². The predicted octanol–water partition coefficient (Wildman–Crippen LogP) is 5.54. The summed E-state index contributed by atoms with van der Waals surface area (Å²) in [5.74, 6) is 1.40. The number of hydrogen-bond acceptors (Lipinski definition) is 6. The molecule has 0 saturated carbocycles. The number of methoxy groups -OCH3 is 1. The molecule has 0 atom stereocenters. The average Bonchev–Trinajstić information content (AvgIpc) is 3.40. The molecule has 2 heterocycles. The minimum atomic E-state index is -4.41. The summed E-state index contributed by atoms with van der Waals surface area (Å²) in [7, 11) is -0.799. The van der Waals surface area contributed by atoms with E-state index in [1.165, 1.54) is 29.6 Å². The van der Waals surface area contributed by atoms with Crippen LogP contribution < -0.4 is 10.1 Å². The van der Waals surface area contributed by atoms with E-state index in [9.17, 15) is 21.6 Å². The molecule has 0 radical (unpaired) electrons. The number of halogens is 3. The van der Waals surface area contributed by atoms with E-state index in [1.807, 2.05) is 22.9 Å². The Balaban J connectivity index is 1.44. The second-order valence-electron chi connectivity index (χ2n) is 9.65. The molecule has 0 amide bonds. The van der Waals surface area contributed by atoms with Crippen LogP contribution in [0.3, 0.4) is 0 Å². The van der Waals surface area contributed by atoms with Crippen LogP contribution in [0.4, 0.5) is 18.9 Å². The van der Waals surface area contributed by atoms with Gasteiger partial charge in [-0.1, -0.05) is 24.3 Å². The third kappa shape index (κ3) is 6.39. The number of benzene rings is 3. The number of sulfonamides is 1. The number of aromatic nitrogens is 2. The second-order valence-corrected chi connectivity index (χ2v) is 11.7. The van der Waals surface area contributed by atoms with Crippen LogP contribution in [-0.4, -0.2) is 43.0 Å². The second kappa shape index (κ2) is 11.6. The molecule has 1 N–H and O–H groups in total. The van der Waals surface area contributed by atoms with Crippen molar-refractivity contribution in [3.63, 3.8) is 0 Å². The predicted molar refractivity (Wildman–Crippen MR) is 148 cm³/mol.